The fourth-order valence-corrected chi connectivity index (χ4v) is 3.99. The van der Waals surface area contributed by atoms with Crippen molar-refractivity contribution in [3.05, 3.63) is 60.2 Å². The highest BCUT2D eigenvalue weighted by atomic mass is 32.2. The van der Waals surface area contributed by atoms with Gasteiger partial charge in [0.05, 0.1) is 0 Å². The lowest BCUT2D eigenvalue weighted by Crippen LogP contribution is -2.48. The molecule has 0 spiro atoms. The van der Waals surface area contributed by atoms with Gasteiger partial charge < -0.3 is 10.4 Å². The minimum Gasteiger partial charge on any atom is -0.384 e. The van der Waals surface area contributed by atoms with Crippen LogP contribution in [0.2, 0.25) is 0 Å². The van der Waals surface area contributed by atoms with Crippen molar-refractivity contribution in [2.45, 2.75) is 38.2 Å². The van der Waals surface area contributed by atoms with Crippen LogP contribution >= 0.6 is 0 Å². The molecule has 0 fully saturated rings. The monoisotopic (exact) mass is 404 g/mol. The van der Waals surface area contributed by atoms with Crippen LogP contribution in [0, 0.1) is 0 Å². The molecule has 2 rings (SSSR count). The maximum Gasteiger partial charge on any atom is 0.261 e. The number of carbonyl (C=O) groups excluding carboxylic acids is 2. The first-order valence-electron chi connectivity index (χ1n) is 8.90. The molecule has 150 valence electrons. The molecule has 0 aliphatic heterocycles. The summed E-state index contributed by atoms with van der Waals surface area (Å²) in [5.41, 5.74) is 2.92. The van der Waals surface area contributed by atoms with E-state index in [4.69, 9.17) is 5.11 Å². The predicted octanol–water partition coefficient (Wildman–Crippen LogP) is 1.58. The first kappa shape index (κ1) is 21.6. The summed E-state index contributed by atoms with van der Waals surface area (Å²) in [6.45, 7) is 2.83. The Morgan fingerprint density at radius 3 is 2.07 bits per heavy atom. The van der Waals surface area contributed by atoms with Crippen molar-refractivity contribution in [3.8, 4) is 11.1 Å². The van der Waals surface area contributed by atoms with E-state index in [9.17, 15) is 18.0 Å². The van der Waals surface area contributed by atoms with Crippen molar-refractivity contribution < 1.29 is 23.1 Å². The summed E-state index contributed by atoms with van der Waals surface area (Å²) in [7, 11) is -4.23. The van der Waals surface area contributed by atoms with Gasteiger partial charge in [0.2, 0.25) is 15.9 Å². The molecule has 28 heavy (non-hydrogen) atoms. The number of hydrogen-bond acceptors (Lipinski definition) is 5. The van der Waals surface area contributed by atoms with Gasteiger partial charge in [0, 0.05) is 6.54 Å². The largest absolute Gasteiger partial charge is 0.384 e. The van der Waals surface area contributed by atoms with Gasteiger partial charge in [0.1, 0.15) is 6.10 Å². The molecule has 0 heterocycles. The molecule has 2 amide bonds. The zero-order valence-corrected chi connectivity index (χ0v) is 16.6. The van der Waals surface area contributed by atoms with Crippen LogP contribution in [0.15, 0.2) is 54.6 Å². The molecule has 2 unspecified atom stereocenters. The molecule has 2 atom stereocenters. The van der Waals surface area contributed by atoms with E-state index < -0.39 is 33.2 Å². The summed E-state index contributed by atoms with van der Waals surface area (Å²) in [5.74, 6) is -1.77. The summed E-state index contributed by atoms with van der Waals surface area (Å²) in [4.78, 5) is 23.8. The molecule has 7 nitrogen and oxygen atoms in total. The Bertz CT molecular complexity index is 909. The number of rotatable bonds is 8. The normalized spacial score (nSPS) is 13.4. The van der Waals surface area contributed by atoms with Crippen molar-refractivity contribution in [2.24, 2.45) is 0 Å². The van der Waals surface area contributed by atoms with E-state index in [-0.39, 0.29) is 13.0 Å². The van der Waals surface area contributed by atoms with Gasteiger partial charge in [-0.25, -0.2) is 8.42 Å². The quantitative estimate of drug-likeness (QED) is 0.618. The maximum absolute atomic E-state index is 12.3. The average molecular weight is 404 g/mol. The molecule has 0 bridgehead atoms. The third-order valence-electron chi connectivity index (χ3n) is 4.19. The van der Waals surface area contributed by atoms with E-state index in [1.165, 1.54) is 6.92 Å². The van der Waals surface area contributed by atoms with Gasteiger partial charge in [0.15, 0.2) is 5.25 Å². The van der Waals surface area contributed by atoms with Crippen LogP contribution in [-0.4, -0.2) is 36.7 Å². The highest BCUT2D eigenvalue weighted by Gasteiger charge is 2.33. The summed E-state index contributed by atoms with van der Waals surface area (Å²) < 4.78 is 26.2. The molecule has 0 radical (unpaired) electrons. The molecular formula is C20H24N2O5S. The Morgan fingerprint density at radius 2 is 1.54 bits per heavy atom. The van der Waals surface area contributed by atoms with Crippen LogP contribution in [0.25, 0.3) is 11.1 Å². The Balaban J connectivity index is 2.00. The number of hydrogen-bond donors (Lipinski definition) is 3. The van der Waals surface area contributed by atoms with Crippen LogP contribution < -0.4 is 10.0 Å². The molecular weight excluding hydrogens is 380 g/mol. The fraction of sp³-hybridized carbons (Fsp3) is 0.300. The Kier molecular flexibility index (Phi) is 7.31. The zero-order valence-electron chi connectivity index (χ0n) is 15.8. The molecule has 2 aromatic rings. The van der Waals surface area contributed by atoms with Crippen molar-refractivity contribution in [1.82, 2.24) is 10.0 Å². The number of benzene rings is 2. The van der Waals surface area contributed by atoms with Gasteiger partial charge in [-0.3, -0.25) is 14.3 Å². The topological polar surface area (TPSA) is 113 Å². The van der Waals surface area contributed by atoms with E-state index in [0.717, 1.165) is 23.6 Å². The Hall–Kier alpha value is -2.71. The lowest BCUT2D eigenvalue weighted by atomic mass is 10.0. The first-order valence-corrected chi connectivity index (χ1v) is 10.4. The summed E-state index contributed by atoms with van der Waals surface area (Å²) in [6, 6.07) is 17.4. The highest BCUT2D eigenvalue weighted by molar-refractivity contribution is 7.91. The smallest absolute Gasteiger partial charge is 0.261 e. The van der Waals surface area contributed by atoms with Crippen molar-refractivity contribution >= 4 is 21.8 Å². The standard InChI is InChI=1S/C20H24N2O5S/c1-3-18(28(26,27)22-19(24)14(2)23)20(25)21-13-15-9-11-17(12-10-15)16-7-5-4-6-8-16/h4-12,14,18,23H,3,13H2,1-2H3,(H,21,25)(H,22,24). The summed E-state index contributed by atoms with van der Waals surface area (Å²) in [6.07, 6.45) is -1.50. The van der Waals surface area contributed by atoms with Crippen LogP contribution in [0.5, 0.6) is 0 Å². The van der Waals surface area contributed by atoms with Gasteiger partial charge in [-0.2, -0.15) is 0 Å². The van der Waals surface area contributed by atoms with E-state index in [1.807, 2.05) is 54.6 Å². The molecule has 0 aliphatic rings. The van der Waals surface area contributed by atoms with Gasteiger partial charge in [-0.05, 0) is 30.0 Å². The minimum atomic E-state index is -4.23. The molecule has 0 saturated heterocycles. The van der Waals surface area contributed by atoms with Gasteiger partial charge in [-0.15, -0.1) is 0 Å². The number of aliphatic hydroxyl groups excluding tert-OH is 1. The van der Waals surface area contributed by atoms with E-state index in [1.54, 1.807) is 4.72 Å². The molecule has 0 aromatic heterocycles. The van der Waals surface area contributed by atoms with Crippen molar-refractivity contribution in [3.63, 3.8) is 0 Å². The second-order valence-electron chi connectivity index (χ2n) is 6.36. The lowest BCUT2D eigenvalue weighted by molar-refractivity contribution is -0.126. The SMILES string of the molecule is CCC(C(=O)NCc1ccc(-c2ccccc2)cc1)S(=O)(=O)NC(=O)C(C)O. The molecule has 3 N–H and O–H groups in total. The minimum absolute atomic E-state index is 0.0127. The van der Waals surface area contributed by atoms with Gasteiger partial charge in [-0.1, -0.05) is 61.5 Å². The van der Waals surface area contributed by atoms with E-state index >= 15 is 0 Å². The second-order valence-corrected chi connectivity index (χ2v) is 8.23. The van der Waals surface area contributed by atoms with Crippen molar-refractivity contribution in [2.75, 3.05) is 0 Å². The van der Waals surface area contributed by atoms with Crippen LogP contribution in [-0.2, 0) is 26.2 Å². The molecule has 0 aliphatic carbocycles. The van der Waals surface area contributed by atoms with Crippen molar-refractivity contribution in [1.29, 1.82) is 0 Å². The number of sulfonamides is 1. The number of amides is 2. The summed E-state index contributed by atoms with van der Waals surface area (Å²) >= 11 is 0. The third kappa shape index (κ3) is 5.64. The van der Waals surface area contributed by atoms with Crippen LogP contribution in [0.1, 0.15) is 25.8 Å². The Labute approximate surface area is 164 Å². The number of carbonyl (C=O) groups is 2. The number of nitrogens with one attached hydrogen (secondary N) is 2. The van der Waals surface area contributed by atoms with Crippen LogP contribution in [0.4, 0.5) is 0 Å². The van der Waals surface area contributed by atoms with E-state index in [2.05, 4.69) is 5.32 Å². The fourth-order valence-electron chi connectivity index (χ4n) is 2.59. The average Bonchev–Trinajstić information content (AvgIpc) is 2.67. The summed E-state index contributed by atoms with van der Waals surface area (Å²) in [5, 5.41) is 10.3. The predicted molar refractivity (Wildman–Crippen MR) is 107 cm³/mol. The molecule has 0 saturated carbocycles. The first-order chi connectivity index (χ1) is 13.2. The molecule has 2 aromatic carbocycles. The van der Waals surface area contributed by atoms with Crippen LogP contribution in [0.3, 0.4) is 0 Å². The zero-order chi connectivity index (χ0) is 20.7. The third-order valence-corrected chi connectivity index (χ3v) is 5.97. The molecule has 8 heteroatoms. The van der Waals surface area contributed by atoms with Gasteiger partial charge >= 0.3 is 0 Å². The van der Waals surface area contributed by atoms with E-state index in [0.29, 0.717) is 0 Å². The van der Waals surface area contributed by atoms with Gasteiger partial charge in [0.25, 0.3) is 5.91 Å². The number of aliphatic hydroxyl groups is 1. The maximum atomic E-state index is 12.3. The second kappa shape index (κ2) is 9.48. The Morgan fingerprint density at radius 1 is 0.964 bits per heavy atom. The highest BCUT2D eigenvalue weighted by Crippen LogP contribution is 2.19. The lowest BCUT2D eigenvalue weighted by Gasteiger charge is -2.17.